The molecule has 0 fully saturated rings. The van der Waals surface area contributed by atoms with Crippen molar-refractivity contribution in [2.75, 3.05) is 19.9 Å². The number of aliphatic hydroxyl groups is 1. The van der Waals surface area contributed by atoms with Crippen LogP contribution in [0, 0.1) is 0 Å². The first-order valence-corrected chi connectivity index (χ1v) is 9.71. The number of nitrogens with zero attached hydrogens (tertiary/aromatic N) is 2. The van der Waals surface area contributed by atoms with Crippen molar-refractivity contribution in [1.29, 1.82) is 0 Å². The Morgan fingerprint density at radius 1 is 0.966 bits per heavy atom. The van der Waals surface area contributed by atoms with Gasteiger partial charge in [0.25, 0.3) is 0 Å². The van der Waals surface area contributed by atoms with Gasteiger partial charge in [0.2, 0.25) is 6.79 Å². The Morgan fingerprint density at radius 3 is 2.76 bits per heavy atom. The van der Waals surface area contributed by atoms with E-state index in [1.807, 2.05) is 42.5 Å². The van der Waals surface area contributed by atoms with E-state index in [1.165, 1.54) is 0 Å². The molecule has 2 aliphatic heterocycles. The van der Waals surface area contributed by atoms with Gasteiger partial charge in [-0.05, 0) is 41.5 Å². The van der Waals surface area contributed by atoms with Gasteiger partial charge in [-0.15, -0.1) is 0 Å². The van der Waals surface area contributed by atoms with Crippen molar-refractivity contribution in [2.24, 2.45) is 0 Å². The average molecular weight is 390 g/mol. The summed E-state index contributed by atoms with van der Waals surface area (Å²) in [5.74, 6) is 2.51. The van der Waals surface area contributed by atoms with Gasteiger partial charge in [-0.1, -0.05) is 18.2 Å². The lowest BCUT2D eigenvalue weighted by Crippen LogP contribution is -2.25. The first kappa shape index (κ1) is 18.0. The molecule has 0 radical (unpaired) electrons. The van der Waals surface area contributed by atoms with Crippen LogP contribution in [0.25, 0.3) is 0 Å². The SMILES string of the molecule is OC(c1ccncc1)c1ccc2c(c1)CN(Cc1cccc3c1OCO3)CCO2. The molecule has 0 aliphatic carbocycles. The highest BCUT2D eigenvalue weighted by molar-refractivity contribution is 5.48. The molecule has 3 heterocycles. The Balaban J connectivity index is 1.39. The van der Waals surface area contributed by atoms with Crippen molar-refractivity contribution < 1.29 is 19.3 Å². The molecule has 0 amide bonds. The molecule has 2 aromatic carbocycles. The standard InChI is InChI=1S/C23H22N2O4/c26-22(16-6-8-24-9-7-16)17-4-5-20-19(12-17)14-25(10-11-27-20)13-18-2-1-3-21-23(18)29-15-28-21/h1-9,12,22,26H,10-11,13-15H2. The molecule has 0 spiro atoms. The molecule has 0 saturated carbocycles. The Bertz CT molecular complexity index is 1010. The van der Waals surface area contributed by atoms with E-state index in [9.17, 15) is 5.11 Å². The van der Waals surface area contributed by atoms with Gasteiger partial charge in [-0.2, -0.15) is 0 Å². The third kappa shape index (κ3) is 3.64. The molecule has 3 aromatic rings. The molecule has 1 N–H and O–H groups in total. The summed E-state index contributed by atoms with van der Waals surface area (Å²) in [7, 11) is 0. The van der Waals surface area contributed by atoms with E-state index >= 15 is 0 Å². The highest BCUT2D eigenvalue weighted by Crippen LogP contribution is 2.37. The van der Waals surface area contributed by atoms with Gasteiger partial charge >= 0.3 is 0 Å². The zero-order chi connectivity index (χ0) is 19.6. The van der Waals surface area contributed by atoms with E-state index in [0.29, 0.717) is 6.61 Å². The number of para-hydroxylation sites is 1. The van der Waals surface area contributed by atoms with Crippen LogP contribution in [0.2, 0.25) is 0 Å². The van der Waals surface area contributed by atoms with Crippen LogP contribution in [0.5, 0.6) is 17.2 Å². The number of aromatic nitrogens is 1. The molecule has 6 heteroatoms. The number of fused-ring (bicyclic) bond motifs is 2. The number of rotatable bonds is 4. The highest BCUT2D eigenvalue weighted by atomic mass is 16.7. The topological polar surface area (TPSA) is 64.1 Å². The number of ether oxygens (including phenoxy) is 3. The predicted octanol–water partition coefficient (Wildman–Crippen LogP) is 3.29. The molecule has 29 heavy (non-hydrogen) atoms. The van der Waals surface area contributed by atoms with E-state index < -0.39 is 6.10 Å². The van der Waals surface area contributed by atoms with Crippen LogP contribution in [0.15, 0.2) is 60.9 Å². The summed E-state index contributed by atoms with van der Waals surface area (Å²) in [5, 5.41) is 10.8. The van der Waals surface area contributed by atoms with Crippen LogP contribution in [0.4, 0.5) is 0 Å². The Morgan fingerprint density at radius 2 is 1.86 bits per heavy atom. The lowest BCUT2D eigenvalue weighted by Gasteiger charge is -2.20. The lowest BCUT2D eigenvalue weighted by atomic mass is 10.00. The Labute approximate surface area is 169 Å². The van der Waals surface area contributed by atoms with E-state index in [-0.39, 0.29) is 6.79 Å². The van der Waals surface area contributed by atoms with Gasteiger partial charge < -0.3 is 19.3 Å². The van der Waals surface area contributed by atoms with Crippen molar-refractivity contribution in [3.05, 3.63) is 83.2 Å². The fourth-order valence-corrected chi connectivity index (χ4v) is 3.87. The van der Waals surface area contributed by atoms with Gasteiger partial charge in [0.05, 0.1) is 0 Å². The number of benzene rings is 2. The summed E-state index contributed by atoms with van der Waals surface area (Å²) >= 11 is 0. The molecule has 148 valence electrons. The lowest BCUT2D eigenvalue weighted by molar-refractivity contribution is 0.170. The number of aliphatic hydroxyl groups excluding tert-OH is 1. The number of hydrogen-bond acceptors (Lipinski definition) is 6. The minimum absolute atomic E-state index is 0.272. The van der Waals surface area contributed by atoms with Gasteiger partial charge in [-0.25, -0.2) is 0 Å². The van der Waals surface area contributed by atoms with Crippen LogP contribution in [0.3, 0.4) is 0 Å². The normalized spacial score (nSPS) is 16.6. The molecule has 0 bridgehead atoms. The minimum Gasteiger partial charge on any atom is -0.492 e. The zero-order valence-electron chi connectivity index (χ0n) is 16.0. The number of hydrogen-bond donors (Lipinski definition) is 1. The molecular formula is C23H22N2O4. The third-order valence-corrected chi connectivity index (χ3v) is 5.35. The summed E-state index contributed by atoms with van der Waals surface area (Å²) in [6.07, 6.45) is 2.69. The molecule has 2 aliphatic rings. The smallest absolute Gasteiger partial charge is 0.231 e. The van der Waals surface area contributed by atoms with Gasteiger partial charge in [0, 0.05) is 43.2 Å². The van der Waals surface area contributed by atoms with Crippen LogP contribution in [-0.4, -0.2) is 34.9 Å². The summed E-state index contributed by atoms with van der Waals surface area (Å²) in [5.41, 5.74) is 3.84. The van der Waals surface area contributed by atoms with Crippen molar-refractivity contribution in [3.63, 3.8) is 0 Å². The summed E-state index contributed by atoms with van der Waals surface area (Å²) in [4.78, 5) is 6.35. The van der Waals surface area contributed by atoms with Crippen LogP contribution >= 0.6 is 0 Å². The molecule has 5 rings (SSSR count). The molecular weight excluding hydrogens is 368 g/mol. The second-order valence-electron chi connectivity index (χ2n) is 7.26. The quantitative estimate of drug-likeness (QED) is 0.738. The van der Waals surface area contributed by atoms with Crippen molar-refractivity contribution >= 4 is 0 Å². The van der Waals surface area contributed by atoms with Crippen molar-refractivity contribution in [2.45, 2.75) is 19.2 Å². The monoisotopic (exact) mass is 390 g/mol. The van der Waals surface area contributed by atoms with E-state index in [0.717, 1.165) is 59.1 Å². The summed E-state index contributed by atoms with van der Waals surface area (Å²) in [6, 6.07) is 15.6. The number of pyridine rings is 1. The van der Waals surface area contributed by atoms with E-state index in [4.69, 9.17) is 14.2 Å². The Kier molecular flexibility index (Phi) is 4.79. The first-order valence-electron chi connectivity index (χ1n) is 9.71. The van der Waals surface area contributed by atoms with Crippen LogP contribution in [-0.2, 0) is 13.1 Å². The Hall–Kier alpha value is -3.09. The largest absolute Gasteiger partial charge is 0.492 e. The minimum atomic E-state index is -0.692. The first-order chi connectivity index (χ1) is 14.3. The molecule has 0 saturated heterocycles. The summed E-state index contributed by atoms with van der Waals surface area (Å²) < 4.78 is 17.1. The third-order valence-electron chi connectivity index (χ3n) is 5.35. The molecule has 6 nitrogen and oxygen atoms in total. The zero-order valence-corrected chi connectivity index (χ0v) is 16.0. The van der Waals surface area contributed by atoms with Crippen molar-refractivity contribution in [3.8, 4) is 17.2 Å². The van der Waals surface area contributed by atoms with Gasteiger partial charge in [-0.3, -0.25) is 9.88 Å². The second-order valence-corrected chi connectivity index (χ2v) is 7.26. The second kappa shape index (κ2) is 7.73. The fraction of sp³-hybridized carbons (Fsp3) is 0.261. The predicted molar refractivity (Wildman–Crippen MR) is 107 cm³/mol. The molecule has 1 aromatic heterocycles. The highest BCUT2D eigenvalue weighted by Gasteiger charge is 2.22. The van der Waals surface area contributed by atoms with Crippen LogP contribution < -0.4 is 14.2 Å². The summed E-state index contributed by atoms with van der Waals surface area (Å²) in [6.45, 7) is 3.17. The molecule has 1 unspecified atom stereocenters. The average Bonchev–Trinajstić information content (AvgIpc) is 3.16. The van der Waals surface area contributed by atoms with E-state index in [1.54, 1.807) is 12.4 Å². The van der Waals surface area contributed by atoms with Crippen molar-refractivity contribution in [1.82, 2.24) is 9.88 Å². The maximum absolute atomic E-state index is 10.8. The maximum atomic E-state index is 10.8. The fourth-order valence-electron chi connectivity index (χ4n) is 3.87. The van der Waals surface area contributed by atoms with Crippen LogP contribution in [0.1, 0.15) is 28.4 Å². The molecule has 1 atom stereocenters. The maximum Gasteiger partial charge on any atom is 0.231 e. The van der Waals surface area contributed by atoms with E-state index in [2.05, 4.69) is 16.0 Å². The van der Waals surface area contributed by atoms with Gasteiger partial charge in [0.1, 0.15) is 18.5 Å². The van der Waals surface area contributed by atoms with Gasteiger partial charge in [0.15, 0.2) is 11.5 Å².